The third-order valence-electron chi connectivity index (χ3n) is 3.12. The normalized spacial score (nSPS) is 10.4. The van der Waals surface area contributed by atoms with Gasteiger partial charge in [0.15, 0.2) is 0 Å². The van der Waals surface area contributed by atoms with Crippen molar-refractivity contribution in [3.63, 3.8) is 0 Å². The standard InChI is InChI=1S/C15H19BrN4/c1-4-5-12-14(17-3)18-9-19-15(12)20-13-7-6-11(16)8-10(13)2/h6-9H,4-5H2,1-3H3,(H2,17,18,19,20). The van der Waals surface area contributed by atoms with Crippen LogP contribution in [0.15, 0.2) is 29.0 Å². The summed E-state index contributed by atoms with van der Waals surface area (Å²) < 4.78 is 1.08. The van der Waals surface area contributed by atoms with E-state index in [9.17, 15) is 0 Å². The second-order valence-electron chi connectivity index (χ2n) is 4.63. The maximum atomic E-state index is 4.39. The van der Waals surface area contributed by atoms with Gasteiger partial charge in [-0.2, -0.15) is 0 Å². The number of nitrogens with zero attached hydrogens (tertiary/aromatic N) is 2. The highest BCUT2D eigenvalue weighted by atomic mass is 79.9. The molecule has 0 radical (unpaired) electrons. The lowest BCUT2D eigenvalue weighted by Crippen LogP contribution is -2.06. The molecule has 0 unspecified atom stereocenters. The molecule has 0 atom stereocenters. The van der Waals surface area contributed by atoms with Crippen molar-refractivity contribution in [1.29, 1.82) is 0 Å². The van der Waals surface area contributed by atoms with Gasteiger partial charge in [-0.05, 0) is 37.1 Å². The monoisotopic (exact) mass is 334 g/mol. The molecule has 0 spiro atoms. The van der Waals surface area contributed by atoms with E-state index in [4.69, 9.17) is 0 Å². The van der Waals surface area contributed by atoms with Crippen LogP contribution in [0.3, 0.4) is 0 Å². The van der Waals surface area contributed by atoms with E-state index in [1.54, 1.807) is 6.33 Å². The quantitative estimate of drug-likeness (QED) is 0.856. The van der Waals surface area contributed by atoms with Crippen LogP contribution in [-0.4, -0.2) is 17.0 Å². The van der Waals surface area contributed by atoms with Gasteiger partial charge in [0.25, 0.3) is 0 Å². The van der Waals surface area contributed by atoms with Gasteiger partial charge in [-0.3, -0.25) is 0 Å². The Kier molecular flexibility index (Phi) is 4.95. The second kappa shape index (κ2) is 6.70. The first kappa shape index (κ1) is 14.8. The lowest BCUT2D eigenvalue weighted by molar-refractivity contribution is 0.905. The first-order valence-electron chi connectivity index (χ1n) is 6.70. The number of anilines is 3. The van der Waals surface area contributed by atoms with Gasteiger partial charge in [-0.15, -0.1) is 0 Å². The van der Waals surface area contributed by atoms with Gasteiger partial charge < -0.3 is 10.6 Å². The van der Waals surface area contributed by atoms with Crippen LogP contribution in [0.5, 0.6) is 0 Å². The van der Waals surface area contributed by atoms with Crippen molar-refractivity contribution >= 4 is 33.3 Å². The fourth-order valence-corrected chi connectivity index (χ4v) is 2.59. The minimum atomic E-state index is 0.872. The Bertz CT molecular complexity index is 598. The minimum Gasteiger partial charge on any atom is -0.373 e. The molecular formula is C15H19BrN4. The second-order valence-corrected chi connectivity index (χ2v) is 5.55. The summed E-state index contributed by atoms with van der Waals surface area (Å²) in [6, 6.07) is 6.16. The third-order valence-corrected chi connectivity index (χ3v) is 3.62. The molecule has 4 nitrogen and oxygen atoms in total. The van der Waals surface area contributed by atoms with Crippen molar-refractivity contribution in [2.24, 2.45) is 0 Å². The molecule has 0 bridgehead atoms. The van der Waals surface area contributed by atoms with Crippen molar-refractivity contribution < 1.29 is 0 Å². The van der Waals surface area contributed by atoms with E-state index in [2.05, 4.69) is 62.5 Å². The van der Waals surface area contributed by atoms with Crippen LogP contribution in [0.2, 0.25) is 0 Å². The van der Waals surface area contributed by atoms with Crippen molar-refractivity contribution in [2.75, 3.05) is 17.7 Å². The Hall–Kier alpha value is -1.62. The molecule has 0 saturated heterocycles. The Labute approximate surface area is 128 Å². The smallest absolute Gasteiger partial charge is 0.139 e. The van der Waals surface area contributed by atoms with Crippen molar-refractivity contribution in [3.05, 3.63) is 40.1 Å². The Balaban J connectivity index is 2.37. The van der Waals surface area contributed by atoms with Crippen molar-refractivity contribution in [1.82, 2.24) is 9.97 Å². The van der Waals surface area contributed by atoms with Gasteiger partial charge in [0, 0.05) is 22.8 Å². The van der Waals surface area contributed by atoms with E-state index in [0.29, 0.717) is 0 Å². The zero-order valence-electron chi connectivity index (χ0n) is 12.0. The Morgan fingerprint density at radius 3 is 2.60 bits per heavy atom. The van der Waals surface area contributed by atoms with E-state index < -0.39 is 0 Å². The number of hydrogen-bond acceptors (Lipinski definition) is 4. The van der Waals surface area contributed by atoms with Crippen LogP contribution in [-0.2, 0) is 6.42 Å². The molecule has 0 aliphatic carbocycles. The summed E-state index contributed by atoms with van der Waals surface area (Å²) in [5, 5.41) is 6.55. The van der Waals surface area contributed by atoms with Gasteiger partial charge in [0.1, 0.15) is 18.0 Å². The third kappa shape index (κ3) is 3.28. The minimum absolute atomic E-state index is 0.872. The fraction of sp³-hybridized carbons (Fsp3) is 0.333. The van der Waals surface area contributed by atoms with E-state index in [1.165, 1.54) is 5.56 Å². The Morgan fingerprint density at radius 2 is 1.95 bits per heavy atom. The summed E-state index contributed by atoms with van der Waals surface area (Å²) in [4.78, 5) is 8.68. The van der Waals surface area contributed by atoms with Crippen LogP contribution in [0.1, 0.15) is 24.5 Å². The molecule has 0 aliphatic rings. The molecule has 2 aromatic rings. The zero-order chi connectivity index (χ0) is 14.5. The summed E-state index contributed by atoms with van der Waals surface area (Å²) in [5.74, 6) is 1.76. The highest BCUT2D eigenvalue weighted by Crippen LogP contribution is 2.27. The summed E-state index contributed by atoms with van der Waals surface area (Å²) in [6.07, 6.45) is 3.58. The predicted octanol–water partition coefficient (Wildman–Crippen LogP) is 4.29. The molecule has 1 aromatic carbocycles. The molecular weight excluding hydrogens is 316 g/mol. The number of halogens is 1. The Morgan fingerprint density at radius 1 is 1.20 bits per heavy atom. The van der Waals surface area contributed by atoms with Gasteiger partial charge in [-0.1, -0.05) is 29.3 Å². The van der Waals surface area contributed by atoms with Crippen LogP contribution >= 0.6 is 15.9 Å². The molecule has 20 heavy (non-hydrogen) atoms. The number of aryl methyl sites for hydroxylation is 1. The molecule has 106 valence electrons. The average molecular weight is 335 g/mol. The summed E-state index contributed by atoms with van der Waals surface area (Å²) >= 11 is 3.48. The topological polar surface area (TPSA) is 49.8 Å². The molecule has 5 heteroatoms. The summed E-state index contributed by atoms with van der Waals surface area (Å²) in [5.41, 5.74) is 3.36. The van der Waals surface area contributed by atoms with Crippen molar-refractivity contribution in [2.45, 2.75) is 26.7 Å². The SMILES string of the molecule is CCCc1c(NC)ncnc1Nc1ccc(Br)cc1C. The van der Waals surface area contributed by atoms with Gasteiger partial charge in [-0.25, -0.2) is 9.97 Å². The van der Waals surface area contributed by atoms with Gasteiger partial charge in [0.2, 0.25) is 0 Å². The van der Waals surface area contributed by atoms with Gasteiger partial charge >= 0.3 is 0 Å². The molecule has 0 amide bonds. The lowest BCUT2D eigenvalue weighted by atomic mass is 10.1. The molecule has 0 fully saturated rings. The van der Waals surface area contributed by atoms with E-state index in [-0.39, 0.29) is 0 Å². The number of hydrogen-bond donors (Lipinski definition) is 2. The van der Waals surface area contributed by atoms with Crippen LogP contribution in [0.25, 0.3) is 0 Å². The lowest BCUT2D eigenvalue weighted by Gasteiger charge is -2.15. The molecule has 0 aliphatic heterocycles. The fourth-order valence-electron chi connectivity index (χ4n) is 2.12. The molecule has 2 N–H and O–H groups in total. The first-order valence-corrected chi connectivity index (χ1v) is 7.49. The van der Waals surface area contributed by atoms with E-state index >= 15 is 0 Å². The largest absolute Gasteiger partial charge is 0.373 e. The number of aromatic nitrogens is 2. The number of nitrogens with one attached hydrogen (secondary N) is 2. The number of benzene rings is 1. The van der Waals surface area contributed by atoms with Crippen molar-refractivity contribution in [3.8, 4) is 0 Å². The molecule has 0 saturated carbocycles. The predicted molar refractivity (Wildman–Crippen MR) is 87.7 cm³/mol. The molecule has 1 heterocycles. The highest BCUT2D eigenvalue weighted by Gasteiger charge is 2.10. The maximum absolute atomic E-state index is 4.39. The molecule has 2 rings (SSSR count). The molecule has 1 aromatic heterocycles. The van der Waals surface area contributed by atoms with E-state index in [0.717, 1.165) is 40.2 Å². The van der Waals surface area contributed by atoms with Crippen LogP contribution in [0.4, 0.5) is 17.3 Å². The van der Waals surface area contributed by atoms with Crippen LogP contribution in [0, 0.1) is 6.92 Å². The van der Waals surface area contributed by atoms with E-state index in [1.807, 2.05) is 13.1 Å². The highest BCUT2D eigenvalue weighted by molar-refractivity contribution is 9.10. The maximum Gasteiger partial charge on any atom is 0.139 e. The summed E-state index contributed by atoms with van der Waals surface area (Å²) in [7, 11) is 1.89. The van der Waals surface area contributed by atoms with Gasteiger partial charge in [0.05, 0.1) is 0 Å². The van der Waals surface area contributed by atoms with Crippen LogP contribution < -0.4 is 10.6 Å². The zero-order valence-corrected chi connectivity index (χ0v) is 13.6. The summed E-state index contributed by atoms with van der Waals surface area (Å²) in [6.45, 7) is 4.23. The number of rotatable bonds is 5. The first-order chi connectivity index (χ1) is 9.65. The average Bonchev–Trinajstić information content (AvgIpc) is 2.43.